The molecular formula is C28H31Cl. The zero-order chi connectivity index (χ0) is 20.8. The second-order valence-corrected chi connectivity index (χ2v) is 8.03. The number of benzene rings is 2. The molecule has 0 aliphatic heterocycles. The molecule has 0 atom stereocenters. The molecule has 0 bridgehead atoms. The van der Waals surface area contributed by atoms with Gasteiger partial charge in [-0.15, -0.1) is 11.6 Å². The van der Waals surface area contributed by atoms with Gasteiger partial charge in [0.2, 0.25) is 0 Å². The monoisotopic (exact) mass is 402 g/mol. The highest BCUT2D eigenvalue weighted by atomic mass is 35.5. The van der Waals surface area contributed by atoms with Gasteiger partial charge in [0.05, 0.1) is 0 Å². The highest BCUT2D eigenvalue weighted by molar-refractivity contribution is 6.23. The molecule has 0 nitrogen and oxygen atoms in total. The average molecular weight is 403 g/mol. The number of rotatable bonds is 8. The lowest BCUT2D eigenvalue weighted by molar-refractivity contribution is 0.812. The van der Waals surface area contributed by atoms with Crippen LogP contribution in [0.3, 0.4) is 0 Å². The van der Waals surface area contributed by atoms with Crippen LogP contribution in [0.1, 0.15) is 57.1 Å². The zero-order valence-corrected chi connectivity index (χ0v) is 18.5. The Labute approximate surface area is 181 Å². The van der Waals surface area contributed by atoms with Gasteiger partial charge in [-0.1, -0.05) is 87.5 Å². The maximum absolute atomic E-state index is 6.09. The Morgan fingerprint density at radius 1 is 1.00 bits per heavy atom. The van der Waals surface area contributed by atoms with E-state index in [4.69, 9.17) is 11.6 Å². The normalized spacial score (nSPS) is 14.5. The Kier molecular flexibility index (Phi) is 7.34. The quantitative estimate of drug-likeness (QED) is 0.235. The average Bonchev–Trinajstić information content (AvgIpc) is 2.76. The van der Waals surface area contributed by atoms with Gasteiger partial charge in [-0.05, 0) is 76.0 Å². The minimum Gasteiger partial charge on any atom is -0.122 e. The molecule has 0 amide bonds. The van der Waals surface area contributed by atoms with Crippen molar-refractivity contribution in [3.63, 3.8) is 0 Å². The van der Waals surface area contributed by atoms with Crippen LogP contribution in [0.5, 0.6) is 0 Å². The van der Waals surface area contributed by atoms with E-state index in [1.807, 2.05) is 0 Å². The topological polar surface area (TPSA) is 0 Å². The molecule has 3 rings (SSSR count). The van der Waals surface area contributed by atoms with Crippen LogP contribution in [0, 0.1) is 0 Å². The lowest BCUT2D eigenvalue weighted by Crippen LogP contribution is -2.00. The molecule has 0 aromatic heterocycles. The van der Waals surface area contributed by atoms with Crippen LogP contribution < -0.4 is 0 Å². The van der Waals surface area contributed by atoms with Crippen LogP contribution in [-0.4, -0.2) is 5.88 Å². The second kappa shape index (κ2) is 9.94. The molecule has 1 heteroatoms. The van der Waals surface area contributed by atoms with E-state index in [1.165, 1.54) is 45.9 Å². The molecule has 150 valence electrons. The van der Waals surface area contributed by atoms with Gasteiger partial charge in [-0.3, -0.25) is 0 Å². The van der Waals surface area contributed by atoms with Crippen molar-refractivity contribution in [2.45, 2.75) is 46.0 Å². The maximum atomic E-state index is 6.09. The first-order valence-corrected chi connectivity index (χ1v) is 11.1. The van der Waals surface area contributed by atoms with Gasteiger partial charge in [-0.25, -0.2) is 0 Å². The van der Waals surface area contributed by atoms with Crippen molar-refractivity contribution in [1.29, 1.82) is 0 Å². The minimum absolute atomic E-state index is 0.434. The Balaban J connectivity index is 2.12. The summed E-state index contributed by atoms with van der Waals surface area (Å²) >= 11 is 6.09. The Morgan fingerprint density at radius 2 is 1.66 bits per heavy atom. The van der Waals surface area contributed by atoms with E-state index in [2.05, 4.69) is 81.6 Å². The van der Waals surface area contributed by atoms with Gasteiger partial charge in [0.25, 0.3) is 0 Å². The molecule has 2 aromatic rings. The third kappa shape index (κ3) is 4.65. The molecule has 1 aliphatic carbocycles. The lowest BCUT2D eigenvalue weighted by Gasteiger charge is -2.21. The van der Waals surface area contributed by atoms with E-state index in [9.17, 15) is 0 Å². The van der Waals surface area contributed by atoms with Gasteiger partial charge in [-0.2, -0.15) is 0 Å². The molecule has 1 aliphatic rings. The van der Waals surface area contributed by atoms with Gasteiger partial charge >= 0.3 is 0 Å². The Morgan fingerprint density at radius 3 is 2.31 bits per heavy atom. The van der Waals surface area contributed by atoms with Crippen molar-refractivity contribution in [3.8, 4) is 0 Å². The Bertz CT molecular complexity index is 1010. The minimum atomic E-state index is 0.434. The number of fused-ring (bicyclic) bond motifs is 1. The first-order chi connectivity index (χ1) is 14.1. The van der Waals surface area contributed by atoms with Crippen molar-refractivity contribution in [2.24, 2.45) is 0 Å². The molecule has 0 saturated heterocycles. The summed E-state index contributed by atoms with van der Waals surface area (Å²) in [6.45, 7) is 13.2. The second-order valence-electron chi connectivity index (χ2n) is 7.76. The fourth-order valence-electron chi connectivity index (χ4n) is 4.05. The molecule has 2 aromatic carbocycles. The SMILES string of the molecule is C=C(CCl)c1ccc(C(=C)/C(=C/CCCC)C2=CCCC=C2C)c2ccccc12. The number of alkyl halides is 1. The predicted molar refractivity (Wildman–Crippen MR) is 131 cm³/mol. The van der Waals surface area contributed by atoms with E-state index >= 15 is 0 Å². The fourth-order valence-corrected chi connectivity index (χ4v) is 4.20. The summed E-state index contributed by atoms with van der Waals surface area (Å²) in [5.74, 6) is 0.434. The van der Waals surface area contributed by atoms with Crippen molar-refractivity contribution < 1.29 is 0 Å². The predicted octanol–water partition coefficient (Wildman–Crippen LogP) is 8.89. The third-order valence-electron chi connectivity index (χ3n) is 5.70. The molecular weight excluding hydrogens is 372 g/mol. The van der Waals surface area contributed by atoms with Crippen LogP contribution in [0.4, 0.5) is 0 Å². The fraction of sp³-hybridized carbons (Fsp3) is 0.286. The highest BCUT2D eigenvalue weighted by Crippen LogP contribution is 2.38. The van der Waals surface area contributed by atoms with E-state index < -0.39 is 0 Å². The molecule has 0 heterocycles. The summed E-state index contributed by atoms with van der Waals surface area (Å²) in [6.07, 6.45) is 12.8. The van der Waals surface area contributed by atoms with Crippen LogP contribution in [0.2, 0.25) is 0 Å². The third-order valence-corrected chi connectivity index (χ3v) is 6.03. The summed E-state index contributed by atoms with van der Waals surface area (Å²) in [7, 11) is 0. The lowest BCUT2D eigenvalue weighted by atomic mass is 9.83. The summed E-state index contributed by atoms with van der Waals surface area (Å²) in [4.78, 5) is 0. The number of hydrogen-bond acceptors (Lipinski definition) is 0. The van der Waals surface area contributed by atoms with E-state index in [0.717, 1.165) is 36.0 Å². The molecule has 0 fully saturated rings. The summed E-state index contributed by atoms with van der Waals surface area (Å²) < 4.78 is 0. The van der Waals surface area contributed by atoms with Crippen LogP contribution in [0.25, 0.3) is 21.9 Å². The van der Waals surface area contributed by atoms with E-state index in [0.29, 0.717) is 5.88 Å². The van der Waals surface area contributed by atoms with Crippen LogP contribution in [0.15, 0.2) is 84.5 Å². The van der Waals surface area contributed by atoms with E-state index in [-0.39, 0.29) is 0 Å². The molecule has 29 heavy (non-hydrogen) atoms. The maximum Gasteiger partial charge on any atom is 0.0474 e. The molecule has 0 N–H and O–H groups in total. The molecule has 0 saturated carbocycles. The molecule has 0 spiro atoms. The largest absolute Gasteiger partial charge is 0.122 e. The standard InChI is InChI=1S/C28H31Cl/c1-5-6-7-14-25(23-13-9-8-12-20(23)2)22(4)26-18-17-24(21(3)19-29)27-15-10-11-16-28(26)27/h10-18H,3-9,19H2,1-2H3/b25-14-. The van der Waals surface area contributed by atoms with Gasteiger partial charge in [0.15, 0.2) is 0 Å². The number of allylic oxidation sites excluding steroid dienone is 8. The number of unbranched alkanes of at least 4 members (excludes halogenated alkanes) is 2. The summed E-state index contributed by atoms with van der Waals surface area (Å²) in [6, 6.07) is 12.8. The van der Waals surface area contributed by atoms with Crippen molar-refractivity contribution >= 4 is 33.5 Å². The van der Waals surface area contributed by atoms with Gasteiger partial charge in [0, 0.05) is 5.88 Å². The molecule has 0 radical (unpaired) electrons. The van der Waals surface area contributed by atoms with Crippen molar-refractivity contribution in [2.75, 3.05) is 5.88 Å². The van der Waals surface area contributed by atoms with Gasteiger partial charge in [0.1, 0.15) is 0 Å². The number of halogens is 1. The van der Waals surface area contributed by atoms with Crippen molar-refractivity contribution in [3.05, 3.63) is 95.6 Å². The van der Waals surface area contributed by atoms with Crippen LogP contribution in [-0.2, 0) is 0 Å². The zero-order valence-electron chi connectivity index (χ0n) is 17.7. The Hall–Kier alpha value is -2.31. The first kappa shape index (κ1) is 21.4. The van der Waals surface area contributed by atoms with Gasteiger partial charge < -0.3 is 0 Å². The van der Waals surface area contributed by atoms with E-state index in [1.54, 1.807) is 0 Å². The highest BCUT2D eigenvalue weighted by Gasteiger charge is 2.17. The first-order valence-electron chi connectivity index (χ1n) is 10.6. The van der Waals surface area contributed by atoms with Crippen LogP contribution >= 0.6 is 11.6 Å². The molecule has 0 unspecified atom stereocenters. The summed E-state index contributed by atoms with van der Waals surface area (Å²) in [5, 5.41) is 2.40. The van der Waals surface area contributed by atoms with Crippen molar-refractivity contribution in [1.82, 2.24) is 0 Å². The smallest absolute Gasteiger partial charge is 0.0474 e. The number of hydrogen-bond donors (Lipinski definition) is 0. The summed E-state index contributed by atoms with van der Waals surface area (Å²) in [5.41, 5.74) is 8.34.